The van der Waals surface area contributed by atoms with Crippen LogP contribution in [0, 0.1) is 5.82 Å². The second kappa shape index (κ2) is 7.90. The van der Waals surface area contributed by atoms with E-state index >= 15 is 0 Å². The lowest BCUT2D eigenvalue weighted by molar-refractivity contribution is 0.122. The maximum absolute atomic E-state index is 14.0. The van der Waals surface area contributed by atoms with Crippen molar-refractivity contribution in [2.24, 2.45) is 0 Å². The number of morpholine rings is 1. The van der Waals surface area contributed by atoms with E-state index in [1.54, 1.807) is 6.07 Å². The number of aromatic nitrogens is 2. The molecule has 27 heavy (non-hydrogen) atoms. The van der Waals surface area contributed by atoms with E-state index in [0.29, 0.717) is 6.54 Å². The van der Waals surface area contributed by atoms with Crippen LogP contribution in [0.25, 0.3) is 0 Å². The highest BCUT2D eigenvalue weighted by atomic mass is 19.1. The summed E-state index contributed by atoms with van der Waals surface area (Å²) in [5, 5.41) is 0. The summed E-state index contributed by atoms with van der Waals surface area (Å²) in [5.74, 6) is 2.11. The molecule has 1 saturated heterocycles. The molecule has 0 aliphatic carbocycles. The van der Waals surface area contributed by atoms with Gasteiger partial charge in [0.15, 0.2) is 0 Å². The van der Waals surface area contributed by atoms with Crippen molar-refractivity contribution in [2.45, 2.75) is 39.3 Å². The number of halogens is 1. The molecule has 5 nitrogen and oxygen atoms in total. The Morgan fingerprint density at radius 2 is 1.89 bits per heavy atom. The minimum Gasteiger partial charge on any atom is -0.378 e. The summed E-state index contributed by atoms with van der Waals surface area (Å²) in [7, 11) is 0. The summed E-state index contributed by atoms with van der Waals surface area (Å²) in [5.41, 5.74) is 3.09. The van der Waals surface area contributed by atoms with Crippen molar-refractivity contribution in [3.63, 3.8) is 0 Å². The molecule has 2 aromatic rings. The Bertz CT molecular complexity index is 805. The van der Waals surface area contributed by atoms with Crippen molar-refractivity contribution in [1.82, 2.24) is 14.9 Å². The average Bonchev–Trinajstić information content (AvgIpc) is 2.69. The second-order valence-corrected chi connectivity index (χ2v) is 7.64. The van der Waals surface area contributed by atoms with Gasteiger partial charge in [0.05, 0.1) is 18.9 Å². The first kappa shape index (κ1) is 18.3. The van der Waals surface area contributed by atoms with E-state index in [2.05, 4.69) is 23.6 Å². The van der Waals surface area contributed by atoms with Gasteiger partial charge in [-0.2, -0.15) is 0 Å². The lowest BCUT2D eigenvalue weighted by atomic mass is 10.0. The fraction of sp³-hybridized carbons (Fsp3) is 0.524. The van der Waals surface area contributed by atoms with Crippen molar-refractivity contribution in [3.05, 3.63) is 52.7 Å². The molecule has 144 valence electrons. The zero-order valence-electron chi connectivity index (χ0n) is 16.1. The molecule has 0 unspecified atom stereocenters. The molecular weight excluding hydrogens is 343 g/mol. The third-order valence-electron chi connectivity index (χ3n) is 5.32. The lowest BCUT2D eigenvalue weighted by Gasteiger charge is -2.34. The quantitative estimate of drug-likeness (QED) is 0.827. The molecule has 0 spiro atoms. The first-order chi connectivity index (χ1) is 13.1. The number of hydrogen-bond donors (Lipinski definition) is 0. The van der Waals surface area contributed by atoms with Gasteiger partial charge in [-0.15, -0.1) is 0 Å². The van der Waals surface area contributed by atoms with Crippen LogP contribution in [0.15, 0.2) is 24.3 Å². The van der Waals surface area contributed by atoms with Crippen LogP contribution in [0.1, 0.15) is 42.4 Å². The molecule has 2 aliphatic rings. The second-order valence-electron chi connectivity index (χ2n) is 7.64. The van der Waals surface area contributed by atoms with Gasteiger partial charge >= 0.3 is 0 Å². The topological polar surface area (TPSA) is 41.5 Å². The minimum atomic E-state index is -0.136. The van der Waals surface area contributed by atoms with E-state index in [0.717, 1.165) is 68.7 Å². The highest BCUT2D eigenvalue weighted by Gasteiger charge is 2.26. The van der Waals surface area contributed by atoms with Crippen molar-refractivity contribution in [3.8, 4) is 0 Å². The van der Waals surface area contributed by atoms with Crippen LogP contribution in [0.4, 0.5) is 10.2 Å². The Kier molecular flexibility index (Phi) is 5.36. The van der Waals surface area contributed by atoms with Gasteiger partial charge in [0.1, 0.15) is 17.5 Å². The molecular formula is C21H27FN4O. The van der Waals surface area contributed by atoms with Gasteiger partial charge in [-0.25, -0.2) is 14.4 Å². The number of benzene rings is 1. The zero-order chi connectivity index (χ0) is 18.8. The predicted octanol–water partition coefficient (Wildman–Crippen LogP) is 3.13. The summed E-state index contributed by atoms with van der Waals surface area (Å²) in [4.78, 5) is 14.4. The van der Waals surface area contributed by atoms with E-state index in [9.17, 15) is 4.39 Å². The van der Waals surface area contributed by atoms with Gasteiger partial charge in [0.25, 0.3) is 0 Å². The fourth-order valence-electron chi connectivity index (χ4n) is 3.78. The van der Waals surface area contributed by atoms with Gasteiger partial charge in [0, 0.05) is 49.8 Å². The fourth-order valence-corrected chi connectivity index (χ4v) is 3.78. The summed E-state index contributed by atoms with van der Waals surface area (Å²) in [6, 6.07) is 7.03. The molecule has 6 heteroatoms. The number of anilines is 1. The largest absolute Gasteiger partial charge is 0.378 e. The molecule has 0 amide bonds. The summed E-state index contributed by atoms with van der Waals surface area (Å²) in [6.45, 7) is 9.74. The van der Waals surface area contributed by atoms with Crippen LogP contribution in [-0.2, 0) is 24.2 Å². The van der Waals surface area contributed by atoms with Crippen LogP contribution in [0.3, 0.4) is 0 Å². The van der Waals surface area contributed by atoms with E-state index in [1.165, 1.54) is 11.6 Å². The Morgan fingerprint density at radius 1 is 1.11 bits per heavy atom. The van der Waals surface area contributed by atoms with E-state index in [4.69, 9.17) is 14.7 Å². The zero-order valence-corrected chi connectivity index (χ0v) is 16.1. The molecule has 1 fully saturated rings. The van der Waals surface area contributed by atoms with Gasteiger partial charge < -0.3 is 9.64 Å². The Labute approximate surface area is 160 Å². The van der Waals surface area contributed by atoms with Crippen molar-refractivity contribution >= 4 is 5.82 Å². The summed E-state index contributed by atoms with van der Waals surface area (Å²) < 4.78 is 19.6. The van der Waals surface area contributed by atoms with Gasteiger partial charge in [-0.05, 0) is 12.5 Å². The van der Waals surface area contributed by atoms with Crippen molar-refractivity contribution in [2.75, 3.05) is 37.7 Å². The number of nitrogens with zero attached hydrogens (tertiary/aromatic N) is 4. The van der Waals surface area contributed by atoms with Gasteiger partial charge in [0.2, 0.25) is 0 Å². The lowest BCUT2D eigenvalue weighted by Crippen LogP contribution is -2.39. The third-order valence-corrected chi connectivity index (χ3v) is 5.32. The maximum Gasteiger partial charge on any atom is 0.136 e. The molecule has 0 bridgehead atoms. The first-order valence-electron chi connectivity index (χ1n) is 9.80. The Balaban J connectivity index is 1.62. The third kappa shape index (κ3) is 3.96. The summed E-state index contributed by atoms with van der Waals surface area (Å²) >= 11 is 0. The number of ether oxygens (including phenoxy) is 1. The molecule has 1 aromatic heterocycles. The molecule has 0 saturated carbocycles. The summed E-state index contributed by atoms with van der Waals surface area (Å²) in [6.07, 6.45) is 0.898. The normalized spacial score (nSPS) is 18.0. The highest BCUT2D eigenvalue weighted by molar-refractivity contribution is 5.51. The molecule has 2 aliphatic heterocycles. The number of hydrogen-bond acceptors (Lipinski definition) is 5. The van der Waals surface area contributed by atoms with E-state index < -0.39 is 0 Å². The minimum absolute atomic E-state index is 0.136. The van der Waals surface area contributed by atoms with Crippen LogP contribution in [-0.4, -0.2) is 47.7 Å². The Hall–Kier alpha value is -2.05. The highest BCUT2D eigenvalue weighted by Crippen LogP contribution is 2.29. The van der Waals surface area contributed by atoms with Crippen molar-refractivity contribution < 1.29 is 9.13 Å². The van der Waals surface area contributed by atoms with Gasteiger partial charge in [-0.3, -0.25) is 4.90 Å². The number of rotatable bonds is 4. The first-order valence-corrected chi connectivity index (χ1v) is 9.80. The van der Waals surface area contributed by atoms with Crippen LogP contribution < -0.4 is 4.90 Å². The Morgan fingerprint density at radius 3 is 2.63 bits per heavy atom. The number of fused-ring (bicyclic) bond motifs is 1. The van der Waals surface area contributed by atoms with Crippen LogP contribution >= 0.6 is 0 Å². The molecule has 1 aromatic carbocycles. The smallest absolute Gasteiger partial charge is 0.136 e. The van der Waals surface area contributed by atoms with E-state index in [1.807, 2.05) is 12.1 Å². The van der Waals surface area contributed by atoms with Crippen LogP contribution in [0.2, 0.25) is 0 Å². The molecule has 0 radical (unpaired) electrons. The molecule has 0 N–H and O–H groups in total. The monoisotopic (exact) mass is 370 g/mol. The predicted molar refractivity (Wildman–Crippen MR) is 103 cm³/mol. The van der Waals surface area contributed by atoms with Gasteiger partial charge in [-0.1, -0.05) is 32.0 Å². The molecule has 3 heterocycles. The average molecular weight is 370 g/mol. The maximum atomic E-state index is 14.0. The van der Waals surface area contributed by atoms with E-state index in [-0.39, 0.29) is 11.7 Å². The molecule has 4 rings (SSSR count). The molecule has 0 atom stereocenters. The van der Waals surface area contributed by atoms with Crippen molar-refractivity contribution in [1.29, 1.82) is 0 Å². The van der Waals surface area contributed by atoms with Crippen LogP contribution in [0.5, 0.6) is 0 Å². The SMILES string of the molecule is CC(C)c1nc2c(c(N3CCOCC3)n1)CCN(Cc1ccccc1F)C2. The standard InChI is InChI=1S/C21H27FN4O/c1-15(2)20-23-19-14-25(13-16-5-3-4-6-18(16)22)8-7-17(19)21(24-20)26-9-11-27-12-10-26/h3-6,15H,7-14H2,1-2H3.